The predicted molar refractivity (Wildman–Crippen MR) is 72.9 cm³/mol. The topological polar surface area (TPSA) is 27.0 Å². The van der Waals surface area contributed by atoms with E-state index in [4.69, 9.17) is 5.26 Å². The molecule has 0 radical (unpaired) electrons. The van der Waals surface area contributed by atoms with Gasteiger partial charge in [0, 0.05) is 36.2 Å². The predicted octanol–water partition coefficient (Wildman–Crippen LogP) is 3.02. The number of nitriles is 1. The molecule has 0 bridgehead atoms. The minimum atomic E-state index is -0.208. The lowest BCUT2D eigenvalue weighted by atomic mass is 10.1. The Morgan fingerprint density at radius 3 is 3.11 bits per heavy atom. The fourth-order valence-electron chi connectivity index (χ4n) is 2.18. The Hall–Kier alpha value is -1.05. The quantitative estimate of drug-likeness (QED) is 0.839. The van der Waals surface area contributed by atoms with Gasteiger partial charge in [-0.05, 0) is 24.6 Å². The van der Waals surface area contributed by atoms with Crippen LogP contribution in [-0.4, -0.2) is 29.0 Å². The lowest BCUT2D eigenvalue weighted by Gasteiger charge is -2.31. The number of nitrogens with zero attached hydrogens (tertiary/aromatic N) is 2. The number of rotatable bonds is 3. The van der Waals surface area contributed by atoms with E-state index in [1.165, 1.54) is 12.1 Å². The molecule has 4 heteroatoms. The van der Waals surface area contributed by atoms with Crippen LogP contribution in [0.5, 0.6) is 0 Å². The maximum atomic E-state index is 13.7. The Bertz CT molecular complexity index is 456. The van der Waals surface area contributed by atoms with Gasteiger partial charge in [0.15, 0.2) is 0 Å². The van der Waals surface area contributed by atoms with Crippen molar-refractivity contribution in [1.29, 1.82) is 5.26 Å². The van der Waals surface area contributed by atoms with Gasteiger partial charge in [-0.15, -0.1) is 0 Å². The summed E-state index contributed by atoms with van der Waals surface area (Å²) in [5.74, 6) is 0.901. The van der Waals surface area contributed by atoms with Crippen molar-refractivity contribution in [1.82, 2.24) is 4.90 Å². The van der Waals surface area contributed by atoms with E-state index in [0.717, 1.165) is 25.3 Å². The minimum Gasteiger partial charge on any atom is -0.297 e. The molecule has 1 unspecified atom stereocenters. The third-order valence-electron chi connectivity index (χ3n) is 3.25. The molecule has 18 heavy (non-hydrogen) atoms. The van der Waals surface area contributed by atoms with Crippen LogP contribution in [0.1, 0.15) is 24.5 Å². The fraction of sp³-hybridized carbons (Fsp3) is 0.500. The first-order chi connectivity index (χ1) is 8.72. The molecule has 2 nitrogen and oxygen atoms in total. The molecule has 0 aliphatic carbocycles. The van der Waals surface area contributed by atoms with Crippen LogP contribution < -0.4 is 0 Å². The highest BCUT2D eigenvalue weighted by molar-refractivity contribution is 8.00. The standard InChI is InChI=1S/C14H17FN2S/c1-2-13-10-17(5-6-18-13)9-12-7-11(8-16)3-4-14(12)15/h3-4,7,13H,2,5-6,9-10H2,1H3. The number of thioether (sulfide) groups is 1. The molecular weight excluding hydrogens is 247 g/mol. The summed E-state index contributed by atoms with van der Waals surface area (Å²) < 4.78 is 13.7. The number of benzene rings is 1. The molecule has 96 valence electrons. The SMILES string of the molecule is CCC1CN(Cc2cc(C#N)ccc2F)CCS1. The summed E-state index contributed by atoms with van der Waals surface area (Å²) in [6.45, 7) is 4.81. The highest BCUT2D eigenvalue weighted by atomic mass is 32.2. The molecule has 0 spiro atoms. The summed E-state index contributed by atoms with van der Waals surface area (Å²) in [5, 5.41) is 9.50. The normalized spacial score (nSPS) is 20.6. The van der Waals surface area contributed by atoms with Crippen molar-refractivity contribution in [3.8, 4) is 6.07 Å². The first-order valence-corrected chi connectivity index (χ1v) is 7.30. The first-order valence-electron chi connectivity index (χ1n) is 6.25. The summed E-state index contributed by atoms with van der Waals surface area (Å²) in [4.78, 5) is 2.28. The summed E-state index contributed by atoms with van der Waals surface area (Å²) in [5.41, 5.74) is 1.17. The zero-order valence-corrected chi connectivity index (χ0v) is 11.3. The summed E-state index contributed by atoms with van der Waals surface area (Å²) >= 11 is 2.00. The van der Waals surface area contributed by atoms with E-state index in [1.807, 2.05) is 11.8 Å². The van der Waals surface area contributed by atoms with Gasteiger partial charge < -0.3 is 0 Å². The van der Waals surface area contributed by atoms with Gasteiger partial charge in [0.2, 0.25) is 0 Å². The second-order valence-electron chi connectivity index (χ2n) is 4.55. The maximum Gasteiger partial charge on any atom is 0.127 e. The average molecular weight is 264 g/mol. The van der Waals surface area contributed by atoms with Crippen molar-refractivity contribution in [2.75, 3.05) is 18.8 Å². The van der Waals surface area contributed by atoms with E-state index in [9.17, 15) is 4.39 Å². The van der Waals surface area contributed by atoms with E-state index in [2.05, 4.69) is 17.9 Å². The Morgan fingerprint density at radius 2 is 2.39 bits per heavy atom. The molecule has 1 heterocycles. The maximum absolute atomic E-state index is 13.7. The highest BCUT2D eigenvalue weighted by Crippen LogP contribution is 2.23. The molecular formula is C14H17FN2S. The van der Waals surface area contributed by atoms with Gasteiger partial charge in [-0.25, -0.2) is 4.39 Å². The van der Waals surface area contributed by atoms with Gasteiger partial charge in [0.05, 0.1) is 11.6 Å². The molecule has 0 N–H and O–H groups in total. The van der Waals surface area contributed by atoms with Crippen LogP contribution in [-0.2, 0) is 6.54 Å². The van der Waals surface area contributed by atoms with E-state index >= 15 is 0 Å². The van der Waals surface area contributed by atoms with E-state index in [1.54, 1.807) is 6.07 Å². The van der Waals surface area contributed by atoms with E-state index < -0.39 is 0 Å². The van der Waals surface area contributed by atoms with Gasteiger partial charge >= 0.3 is 0 Å². The van der Waals surface area contributed by atoms with Gasteiger partial charge in [-0.1, -0.05) is 6.92 Å². The lowest BCUT2D eigenvalue weighted by Crippen LogP contribution is -2.37. The van der Waals surface area contributed by atoms with Crippen molar-refractivity contribution in [2.45, 2.75) is 25.1 Å². The molecule has 1 aliphatic heterocycles. The Balaban J connectivity index is 2.07. The van der Waals surface area contributed by atoms with Crippen LogP contribution in [0.25, 0.3) is 0 Å². The van der Waals surface area contributed by atoms with Gasteiger partial charge in [-0.3, -0.25) is 4.90 Å². The molecule has 0 saturated carbocycles. The summed E-state index contributed by atoms with van der Waals surface area (Å²) in [6, 6.07) is 6.65. The Labute approximate surface area is 112 Å². The summed E-state index contributed by atoms with van der Waals surface area (Å²) in [7, 11) is 0. The van der Waals surface area contributed by atoms with E-state index in [-0.39, 0.29) is 5.82 Å². The third-order valence-corrected chi connectivity index (χ3v) is 4.62. The van der Waals surface area contributed by atoms with Crippen LogP contribution in [0.3, 0.4) is 0 Å². The smallest absolute Gasteiger partial charge is 0.127 e. The molecule has 1 aromatic carbocycles. The Morgan fingerprint density at radius 1 is 1.56 bits per heavy atom. The fourth-order valence-corrected chi connectivity index (χ4v) is 3.43. The molecule has 0 aromatic heterocycles. The second kappa shape index (κ2) is 6.21. The van der Waals surface area contributed by atoms with Crippen LogP contribution in [0.15, 0.2) is 18.2 Å². The second-order valence-corrected chi connectivity index (χ2v) is 5.96. The molecule has 1 aromatic rings. The lowest BCUT2D eigenvalue weighted by molar-refractivity contribution is 0.269. The van der Waals surface area contributed by atoms with Gasteiger partial charge in [0.25, 0.3) is 0 Å². The van der Waals surface area contributed by atoms with Crippen molar-refractivity contribution >= 4 is 11.8 Å². The number of hydrogen-bond donors (Lipinski definition) is 0. The zero-order valence-electron chi connectivity index (χ0n) is 10.5. The van der Waals surface area contributed by atoms with Crippen LogP contribution >= 0.6 is 11.8 Å². The minimum absolute atomic E-state index is 0.208. The third kappa shape index (κ3) is 3.24. The molecule has 1 fully saturated rings. The van der Waals surface area contributed by atoms with Gasteiger partial charge in [-0.2, -0.15) is 17.0 Å². The van der Waals surface area contributed by atoms with Crippen LogP contribution in [0.4, 0.5) is 4.39 Å². The van der Waals surface area contributed by atoms with Crippen molar-refractivity contribution in [3.05, 3.63) is 35.1 Å². The van der Waals surface area contributed by atoms with Crippen molar-refractivity contribution in [3.63, 3.8) is 0 Å². The van der Waals surface area contributed by atoms with Crippen LogP contribution in [0.2, 0.25) is 0 Å². The molecule has 0 amide bonds. The summed E-state index contributed by atoms with van der Waals surface area (Å²) in [6.07, 6.45) is 1.15. The number of halogens is 1. The van der Waals surface area contributed by atoms with Crippen LogP contribution in [0, 0.1) is 17.1 Å². The number of hydrogen-bond acceptors (Lipinski definition) is 3. The van der Waals surface area contributed by atoms with Crippen molar-refractivity contribution < 1.29 is 4.39 Å². The largest absolute Gasteiger partial charge is 0.297 e. The zero-order chi connectivity index (χ0) is 13.0. The van der Waals surface area contributed by atoms with Crippen molar-refractivity contribution in [2.24, 2.45) is 0 Å². The molecule has 2 rings (SSSR count). The monoisotopic (exact) mass is 264 g/mol. The molecule has 1 atom stereocenters. The van der Waals surface area contributed by atoms with Gasteiger partial charge in [0.1, 0.15) is 5.82 Å². The molecule has 1 saturated heterocycles. The average Bonchev–Trinajstić information content (AvgIpc) is 2.41. The first kappa shape index (κ1) is 13.4. The molecule has 1 aliphatic rings. The van der Waals surface area contributed by atoms with E-state index in [0.29, 0.717) is 22.9 Å². The Kier molecular flexibility index (Phi) is 4.62. The highest BCUT2D eigenvalue weighted by Gasteiger charge is 2.19.